The highest BCUT2D eigenvalue weighted by atomic mass is 19.1. The summed E-state index contributed by atoms with van der Waals surface area (Å²) >= 11 is 0. The summed E-state index contributed by atoms with van der Waals surface area (Å²) < 4.78 is 18.1. The largest absolute Gasteiger partial charge is 0.379 e. The van der Waals surface area contributed by atoms with E-state index < -0.39 is 0 Å². The molecule has 0 aromatic heterocycles. The van der Waals surface area contributed by atoms with Crippen LogP contribution in [0, 0.1) is 5.82 Å². The number of urea groups is 1. The average Bonchev–Trinajstić information content (AvgIpc) is 2.53. The number of morpholine rings is 1. The summed E-state index contributed by atoms with van der Waals surface area (Å²) in [5, 5.41) is 5.67. The maximum Gasteiger partial charge on any atom is 0.315 e. The highest BCUT2D eigenvalue weighted by molar-refractivity contribution is 5.73. The van der Waals surface area contributed by atoms with Crippen molar-refractivity contribution in [2.75, 3.05) is 32.8 Å². The molecule has 1 aliphatic rings. The molecule has 2 rings (SSSR count). The zero-order valence-electron chi connectivity index (χ0n) is 13.2. The predicted molar refractivity (Wildman–Crippen MR) is 83.1 cm³/mol. The standard InChI is InChI=1S/C16H24FN3O2/c1-16(2,20-7-9-22-10-8-20)12-19-15(21)18-11-13-3-5-14(17)6-4-13/h3-6H,7-12H2,1-2H3,(H2,18,19,21). The lowest BCUT2D eigenvalue weighted by molar-refractivity contribution is -0.00874. The van der Waals surface area contributed by atoms with Crippen molar-refractivity contribution < 1.29 is 13.9 Å². The Bertz CT molecular complexity index is 485. The topological polar surface area (TPSA) is 53.6 Å². The summed E-state index contributed by atoms with van der Waals surface area (Å²) in [4.78, 5) is 14.2. The third-order valence-corrected chi connectivity index (χ3v) is 3.92. The highest BCUT2D eigenvalue weighted by Crippen LogP contribution is 2.14. The lowest BCUT2D eigenvalue weighted by Crippen LogP contribution is -2.56. The molecule has 0 aliphatic carbocycles. The normalized spacial score (nSPS) is 16.3. The van der Waals surface area contributed by atoms with E-state index in [1.54, 1.807) is 12.1 Å². The van der Waals surface area contributed by atoms with Gasteiger partial charge in [-0.1, -0.05) is 12.1 Å². The first-order valence-electron chi connectivity index (χ1n) is 7.56. The van der Waals surface area contributed by atoms with Crippen LogP contribution in [0.2, 0.25) is 0 Å². The number of halogens is 1. The molecule has 1 aromatic carbocycles. The van der Waals surface area contributed by atoms with E-state index in [9.17, 15) is 9.18 Å². The number of nitrogens with one attached hydrogen (secondary N) is 2. The highest BCUT2D eigenvalue weighted by Gasteiger charge is 2.28. The van der Waals surface area contributed by atoms with Crippen LogP contribution in [-0.4, -0.2) is 49.3 Å². The first kappa shape index (κ1) is 16.7. The van der Waals surface area contributed by atoms with Gasteiger partial charge in [-0.3, -0.25) is 4.90 Å². The van der Waals surface area contributed by atoms with E-state index in [0.29, 0.717) is 13.1 Å². The van der Waals surface area contributed by atoms with Gasteiger partial charge in [0.25, 0.3) is 0 Å². The maximum atomic E-state index is 12.8. The second kappa shape index (κ2) is 7.56. The van der Waals surface area contributed by atoms with Crippen LogP contribution in [0.4, 0.5) is 9.18 Å². The number of nitrogens with zero attached hydrogens (tertiary/aromatic N) is 1. The Kier molecular flexibility index (Phi) is 5.74. The van der Waals surface area contributed by atoms with E-state index in [0.717, 1.165) is 31.9 Å². The van der Waals surface area contributed by atoms with E-state index >= 15 is 0 Å². The van der Waals surface area contributed by atoms with Crippen LogP contribution in [0.1, 0.15) is 19.4 Å². The predicted octanol–water partition coefficient (Wildman–Crippen LogP) is 1.74. The maximum absolute atomic E-state index is 12.8. The minimum Gasteiger partial charge on any atom is -0.379 e. The third kappa shape index (κ3) is 4.96. The number of rotatable bonds is 5. The van der Waals surface area contributed by atoms with Crippen LogP contribution in [0.3, 0.4) is 0 Å². The Morgan fingerprint density at radius 3 is 2.50 bits per heavy atom. The van der Waals surface area contributed by atoms with Gasteiger partial charge in [-0.05, 0) is 31.5 Å². The second-order valence-electron chi connectivity index (χ2n) is 6.07. The second-order valence-corrected chi connectivity index (χ2v) is 6.07. The van der Waals surface area contributed by atoms with E-state index in [2.05, 4.69) is 29.4 Å². The number of carbonyl (C=O) groups is 1. The first-order valence-corrected chi connectivity index (χ1v) is 7.56. The van der Waals surface area contributed by atoms with Crippen molar-refractivity contribution in [3.63, 3.8) is 0 Å². The summed E-state index contributed by atoms with van der Waals surface area (Å²) in [6.07, 6.45) is 0. The molecule has 1 heterocycles. The quantitative estimate of drug-likeness (QED) is 0.871. The van der Waals surface area contributed by atoms with Gasteiger partial charge in [0.1, 0.15) is 5.82 Å². The number of amides is 2. The van der Waals surface area contributed by atoms with Gasteiger partial charge in [-0.25, -0.2) is 9.18 Å². The molecular formula is C16H24FN3O2. The zero-order valence-corrected chi connectivity index (χ0v) is 13.2. The van der Waals surface area contributed by atoms with Gasteiger partial charge < -0.3 is 15.4 Å². The van der Waals surface area contributed by atoms with Crippen molar-refractivity contribution in [2.24, 2.45) is 0 Å². The summed E-state index contributed by atoms with van der Waals surface area (Å²) in [6, 6.07) is 5.87. The first-order chi connectivity index (χ1) is 10.5. The van der Waals surface area contributed by atoms with Crippen molar-refractivity contribution >= 4 is 6.03 Å². The fourth-order valence-corrected chi connectivity index (χ4v) is 2.42. The molecule has 1 saturated heterocycles. The Balaban J connectivity index is 1.73. The third-order valence-electron chi connectivity index (χ3n) is 3.92. The van der Waals surface area contributed by atoms with Gasteiger partial charge >= 0.3 is 6.03 Å². The van der Waals surface area contributed by atoms with Crippen LogP contribution in [0.15, 0.2) is 24.3 Å². The van der Waals surface area contributed by atoms with Gasteiger partial charge in [-0.15, -0.1) is 0 Å². The van der Waals surface area contributed by atoms with Crippen molar-refractivity contribution in [2.45, 2.75) is 25.9 Å². The van der Waals surface area contributed by atoms with Crippen LogP contribution >= 0.6 is 0 Å². The van der Waals surface area contributed by atoms with E-state index in [1.165, 1.54) is 12.1 Å². The van der Waals surface area contributed by atoms with Gasteiger partial charge in [0.15, 0.2) is 0 Å². The van der Waals surface area contributed by atoms with Crippen LogP contribution in [-0.2, 0) is 11.3 Å². The molecule has 0 bridgehead atoms. The molecule has 1 aliphatic heterocycles. The number of hydrogen-bond donors (Lipinski definition) is 2. The van der Waals surface area contributed by atoms with Crippen LogP contribution < -0.4 is 10.6 Å². The molecule has 2 N–H and O–H groups in total. The number of hydrogen-bond acceptors (Lipinski definition) is 3. The SMILES string of the molecule is CC(C)(CNC(=O)NCc1ccc(F)cc1)N1CCOCC1. The van der Waals surface area contributed by atoms with Gasteiger partial charge in [0, 0.05) is 31.7 Å². The van der Waals surface area contributed by atoms with Crippen molar-refractivity contribution in [3.05, 3.63) is 35.6 Å². The molecule has 0 saturated carbocycles. The van der Waals surface area contributed by atoms with Crippen LogP contribution in [0.5, 0.6) is 0 Å². The Labute approximate surface area is 130 Å². The molecule has 122 valence electrons. The lowest BCUT2D eigenvalue weighted by Gasteiger charge is -2.40. The molecule has 5 nitrogen and oxygen atoms in total. The Morgan fingerprint density at radius 1 is 1.23 bits per heavy atom. The molecule has 0 unspecified atom stereocenters. The lowest BCUT2D eigenvalue weighted by atomic mass is 10.0. The molecule has 0 radical (unpaired) electrons. The van der Waals surface area contributed by atoms with E-state index in [1.807, 2.05) is 0 Å². The molecule has 22 heavy (non-hydrogen) atoms. The fourth-order valence-electron chi connectivity index (χ4n) is 2.42. The average molecular weight is 309 g/mol. The number of carbonyl (C=O) groups excluding carboxylic acids is 1. The molecule has 2 amide bonds. The van der Waals surface area contributed by atoms with Gasteiger partial charge in [0.05, 0.1) is 13.2 Å². The van der Waals surface area contributed by atoms with E-state index in [4.69, 9.17) is 4.74 Å². The molecule has 0 atom stereocenters. The summed E-state index contributed by atoms with van der Waals surface area (Å²) in [7, 11) is 0. The molecule has 6 heteroatoms. The molecular weight excluding hydrogens is 285 g/mol. The summed E-state index contributed by atoms with van der Waals surface area (Å²) in [5.74, 6) is -0.277. The monoisotopic (exact) mass is 309 g/mol. The number of ether oxygens (including phenoxy) is 1. The number of benzene rings is 1. The Hall–Kier alpha value is -1.66. The van der Waals surface area contributed by atoms with Crippen molar-refractivity contribution in [1.29, 1.82) is 0 Å². The minimum absolute atomic E-state index is 0.114. The summed E-state index contributed by atoms with van der Waals surface area (Å²) in [5.41, 5.74) is 0.751. The fraction of sp³-hybridized carbons (Fsp3) is 0.562. The zero-order chi connectivity index (χ0) is 16.0. The van der Waals surface area contributed by atoms with E-state index in [-0.39, 0.29) is 17.4 Å². The Morgan fingerprint density at radius 2 is 1.86 bits per heavy atom. The smallest absolute Gasteiger partial charge is 0.315 e. The summed E-state index contributed by atoms with van der Waals surface area (Å²) in [6.45, 7) is 8.39. The molecule has 1 aromatic rings. The van der Waals surface area contributed by atoms with Gasteiger partial charge in [0.2, 0.25) is 0 Å². The molecule has 1 fully saturated rings. The van der Waals surface area contributed by atoms with Crippen LogP contribution in [0.25, 0.3) is 0 Å². The van der Waals surface area contributed by atoms with Crippen molar-refractivity contribution in [3.8, 4) is 0 Å². The van der Waals surface area contributed by atoms with Gasteiger partial charge in [-0.2, -0.15) is 0 Å². The molecule has 0 spiro atoms. The minimum atomic E-state index is -0.277. The van der Waals surface area contributed by atoms with Crippen molar-refractivity contribution in [1.82, 2.24) is 15.5 Å².